The molecule has 0 unspecified atom stereocenters. The summed E-state index contributed by atoms with van der Waals surface area (Å²) in [6.45, 7) is -0.0606. The predicted molar refractivity (Wildman–Crippen MR) is 55.6 cm³/mol. The second-order valence-electron chi connectivity index (χ2n) is 2.85. The van der Waals surface area contributed by atoms with Crippen LogP contribution >= 0.6 is 15.9 Å². The lowest BCUT2D eigenvalue weighted by molar-refractivity contribution is 0.280. The van der Waals surface area contributed by atoms with E-state index in [4.69, 9.17) is 9.63 Å². The summed E-state index contributed by atoms with van der Waals surface area (Å²) in [4.78, 5) is 0. The van der Waals surface area contributed by atoms with Gasteiger partial charge in [-0.05, 0) is 12.1 Å². The highest BCUT2D eigenvalue weighted by Crippen LogP contribution is 2.23. The second-order valence-corrected chi connectivity index (χ2v) is 3.77. The SMILES string of the molecule is OCc1conc1-c1ccc(Br)cc1. The fourth-order valence-corrected chi connectivity index (χ4v) is 1.48. The molecule has 0 amide bonds. The van der Waals surface area contributed by atoms with Crippen LogP contribution in [-0.2, 0) is 6.61 Å². The molecule has 0 saturated carbocycles. The van der Waals surface area contributed by atoms with Crippen molar-refractivity contribution in [2.45, 2.75) is 6.61 Å². The van der Waals surface area contributed by atoms with Crippen LogP contribution in [0.25, 0.3) is 11.3 Å². The van der Waals surface area contributed by atoms with Gasteiger partial charge in [0.25, 0.3) is 0 Å². The first-order valence-corrected chi connectivity index (χ1v) is 4.90. The molecule has 0 atom stereocenters. The van der Waals surface area contributed by atoms with Crippen LogP contribution in [0.2, 0.25) is 0 Å². The van der Waals surface area contributed by atoms with Crippen molar-refractivity contribution in [2.24, 2.45) is 0 Å². The topological polar surface area (TPSA) is 46.3 Å². The van der Waals surface area contributed by atoms with E-state index in [2.05, 4.69) is 21.1 Å². The minimum Gasteiger partial charge on any atom is -0.391 e. The second kappa shape index (κ2) is 3.94. The van der Waals surface area contributed by atoms with Gasteiger partial charge in [0.2, 0.25) is 0 Å². The van der Waals surface area contributed by atoms with Gasteiger partial charge in [-0.2, -0.15) is 0 Å². The third-order valence-corrected chi connectivity index (χ3v) is 2.46. The molecule has 0 saturated heterocycles. The van der Waals surface area contributed by atoms with E-state index in [1.54, 1.807) is 0 Å². The molecule has 1 aromatic heterocycles. The summed E-state index contributed by atoms with van der Waals surface area (Å²) in [5, 5.41) is 12.9. The molecule has 0 aliphatic rings. The van der Waals surface area contributed by atoms with Crippen LogP contribution in [0.4, 0.5) is 0 Å². The maximum Gasteiger partial charge on any atom is 0.129 e. The normalized spacial score (nSPS) is 10.4. The van der Waals surface area contributed by atoms with E-state index in [0.29, 0.717) is 11.3 Å². The third-order valence-electron chi connectivity index (χ3n) is 1.93. The maximum atomic E-state index is 9.01. The largest absolute Gasteiger partial charge is 0.391 e. The van der Waals surface area contributed by atoms with Gasteiger partial charge in [-0.15, -0.1) is 0 Å². The number of benzene rings is 1. The Hall–Kier alpha value is -1.13. The standard InChI is InChI=1S/C10H8BrNO2/c11-9-3-1-7(2-4-9)10-8(5-13)6-14-12-10/h1-4,6,13H,5H2. The van der Waals surface area contributed by atoms with Gasteiger partial charge in [0.15, 0.2) is 0 Å². The average Bonchev–Trinajstić information content (AvgIpc) is 2.67. The maximum absolute atomic E-state index is 9.01. The summed E-state index contributed by atoms with van der Waals surface area (Å²) in [6, 6.07) is 7.68. The number of hydrogen-bond acceptors (Lipinski definition) is 3. The number of aromatic nitrogens is 1. The molecule has 0 bridgehead atoms. The van der Waals surface area contributed by atoms with E-state index in [1.165, 1.54) is 6.26 Å². The lowest BCUT2D eigenvalue weighted by Crippen LogP contribution is -1.85. The fraction of sp³-hybridized carbons (Fsp3) is 0.100. The summed E-state index contributed by atoms with van der Waals surface area (Å²) < 4.78 is 5.81. The number of aliphatic hydroxyl groups is 1. The van der Waals surface area contributed by atoms with Crippen LogP contribution in [0.3, 0.4) is 0 Å². The van der Waals surface area contributed by atoms with Gasteiger partial charge in [-0.25, -0.2) is 0 Å². The van der Waals surface area contributed by atoms with Crippen LogP contribution in [0.1, 0.15) is 5.56 Å². The van der Waals surface area contributed by atoms with Gasteiger partial charge in [0.1, 0.15) is 12.0 Å². The molecule has 1 heterocycles. The third kappa shape index (κ3) is 1.71. The first-order chi connectivity index (χ1) is 6.81. The van der Waals surface area contributed by atoms with Crippen molar-refractivity contribution in [3.8, 4) is 11.3 Å². The van der Waals surface area contributed by atoms with Crippen molar-refractivity contribution in [1.29, 1.82) is 0 Å². The molecule has 4 heteroatoms. The highest BCUT2D eigenvalue weighted by molar-refractivity contribution is 9.10. The molecular weight excluding hydrogens is 246 g/mol. The Morgan fingerprint density at radius 2 is 2.00 bits per heavy atom. The Bertz CT molecular complexity index is 422. The van der Waals surface area contributed by atoms with E-state index in [-0.39, 0.29) is 6.61 Å². The Morgan fingerprint density at radius 3 is 2.64 bits per heavy atom. The molecular formula is C10H8BrNO2. The van der Waals surface area contributed by atoms with Crippen LogP contribution in [0, 0.1) is 0 Å². The molecule has 2 aromatic rings. The zero-order valence-electron chi connectivity index (χ0n) is 7.27. The predicted octanol–water partition coefficient (Wildman–Crippen LogP) is 2.60. The van der Waals surface area contributed by atoms with Crippen molar-refractivity contribution >= 4 is 15.9 Å². The smallest absolute Gasteiger partial charge is 0.129 e. The molecule has 72 valence electrons. The molecule has 2 rings (SSSR count). The van der Waals surface area contributed by atoms with Crippen molar-refractivity contribution in [2.75, 3.05) is 0 Å². The fourth-order valence-electron chi connectivity index (χ4n) is 1.22. The number of aliphatic hydroxyl groups excluding tert-OH is 1. The van der Waals surface area contributed by atoms with E-state index in [9.17, 15) is 0 Å². The van der Waals surface area contributed by atoms with Crippen LogP contribution in [0.15, 0.2) is 39.5 Å². The quantitative estimate of drug-likeness (QED) is 0.895. The highest BCUT2D eigenvalue weighted by atomic mass is 79.9. The molecule has 3 nitrogen and oxygen atoms in total. The van der Waals surface area contributed by atoms with E-state index in [1.807, 2.05) is 24.3 Å². The number of rotatable bonds is 2. The summed E-state index contributed by atoms with van der Waals surface area (Å²) in [5.41, 5.74) is 2.33. The van der Waals surface area contributed by atoms with Crippen molar-refractivity contribution in [1.82, 2.24) is 5.16 Å². The highest BCUT2D eigenvalue weighted by Gasteiger charge is 2.08. The van der Waals surface area contributed by atoms with Crippen LogP contribution < -0.4 is 0 Å². The summed E-state index contributed by atoms with van der Waals surface area (Å²) in [5.74, 6) is 0. The lowest BCUT2D eigenvalue weighted by Gasteiger charge is -1.98. The van der Waals surface area contributed by atoms with Crippen molar-refractivity contribution in [3.63, 3.8) is 0 Å². The molecule has 14 heavy (non-hydrogen) atoms. The summed E-state index contributed by atoms with van der Waals surface area (Å²) >= 11 is 3.35. The van der Waals surface area contributed by atoms with Gasteiger partial charge >= 0.3 is 0 Å². The van der Waals surface area contributed by atoms with E-state index in [0.717, 1.165) is 10.0 Å². The Kier molecular flexibility index (Phi) is 2.65. The van der Waals surface area contributed by atoms with Gasteiger partial charge in [-0.3, -0.25) is 0 Å². The Labute approximate surface area is 89.5 Å². The van der Waals surface area contributed by atoms with Crippen molar-refractivity contribution < 1.29 is 9.63 Å². The molecule has 0 fully saturated rings. The number of hydrogen-bond donors (Lipinski definition) is 1. The zero-order chi connectivity index (χ0) is 9.97. The Balaban J connectivity index is 2.44. The average molecular weight is 254 g/mol. The molecule has 1 N–H and O–H groups in total. The first kappa shape index (κ1) is 9.43. The van der Waals surface area contributed by atoms with Crippen LogP contribution in [0.5, 0.6) is 0 Å². The zero-order valence-corrected chi connectivity index (χ0v) is 8.86. The first-order valence-electron chi connectivity index (χ1n) is 4.11. The van der Waals surface area contributed by atoms with Crippen LogP contribution in [-0.4, -0.2) is 10.3 Å². The number of nitrogens with zero attached hydrogens (tertiary/aromatic N) is 1. The minimum atomic E-state index is -0.0606. The van der Waals surface area contributed by atoms with E-state index >= 15 is 0 Å². The molecule has 0 aliphatic heterocycles. The van der Waals surface area contributed by atoms with Gasteiger partial charge in [-0.1, -0.05) is 33.2 Å². The lowest BCUT2D eigenvalue weighted by atomic mass is 10.1. The molecule has 1 aromatic carbocycles. The Morgan fingerprint density at radius 1 is 1.29 bits per heavy atom. The number of halogens is 1. The molecule has 0 spiro atoms. The summed E-state index contributed by atoms with van der Waals surface area (Å²) in [7, 11) is 0. The van der Waals surface area contributed by atoms with Gasteiger partial charge < -0.3 is 9.63 Å². The minimum absolute atomic E-state index is 0.0606. The monoisotopic (exact) mass is 253 g/mol. The van der Waals surface area contributed by atoms with Crippen molar-refractivity contribution in [3.05, 3.63) is 40.6 Å². The summed E-state index contributed by atoms with van der Waals surface area (Å²) in [6.07, 6.45) is 1.46. The van der Waals surface area contributed by atoms with Gasteiger partial charge in [0.05, 0.1) is 6.61 Å². The van der Waals surface area contributed by atoms with Gasteiger partial charge in [0, 0.05) is 15.6 Å². The molecule has 0 radical (unpaired) electrons. The van der Waals surface area contributed by atoms with E-state index < -0.39 is 0 Å². The molecule has 0 aliphatic carbocycles.